The third-order valence-electron chi connectivity index (χ3n) is 3.98. The Kier molecular flexibility index (Phi) is 6.10. The molecule has 3 rings (SSSR count). The molecule has 138 valence electrons. The lowest BCUT2D eigenvalue weighted by Gasteiger charge is -2.12. The SMILES string of the molecule is CC(=O)NC(C)Cc1ccc(-c2cnc(OCc3ccccn3)nc2)cc1. The van der Waals surface area contributed by atoms with Gasteiger partial charge in [0.15, 0.2) is 0 Å². The molecule has 1 aromatic carbocycles. The predicted octanol–water partition coefficient (Wildman–Crippen LogP) is 3.18. The maximum atomic E-state index is 11.1. The Labute approximate surface area is 158 Å². The van der Waals surface area contributed by atoms with Gasteiger partial charge in [0.1, 0.15) is 6.61 Å². The van der Waals surface area contributed by atoms with Crippen molar-refractivity contribution < 1.29 is 9.53 Å². The monoisotopic (exact) mass is 362 g/mol. The van der Waals surface area contributed by atoms with E-state index in [1.807, 2.05) is 37.3 Å². The summed E-state index contributed by atoms with van der Waals surface area (Å²) in [5, 5.41) is 2.89. The van der Waals surface area contributed by atoms with Crippen LogP contribution in [-0.4, -0.2) is 26.9 Å². The third kappa shape index (κ3) is 5.60. The largest absolute Gasteiger partial charge is 0.457 e. The fraction of sp³-hybridized carbons (Fsp3) is 0.238. The highest BCUT2D eigenvalue weighted by Crippen LogP contribution is 2.20. The molecule has 1 amide bonds. The van der Waals surface area contributed by atoms with Gasteiger partial charge < -0.3 is 10.1 Å². The van der Waals surface area contributed by atoms with Crippen molar-refractivity contribution in [1.29, 1.82) is 0 Å². The molecule has 0 saturated carbocycles. The Morgan fingerprint density at radius 2 is 1.78 bits per heavy atom. The van der Waals surface area contributed by atoms with Crippen molar-refractivity contribution in [2.45, 2.75) is 32.9 Å². The van der Waals surface area contributed by atoms with Crippen LogP contribution < -0.4 is 10.1 Å². The molecule has 0 fully saturated rings. The maximum absolute atomic E-state index is 11.1. The first-order valence-corrected chi connectivity index (χ1v) is 8.81. The van der Waals surface area contributed by atoms with Crippen LogP contribution >= 0.6 is 0 Å². The average Bonchev–Trinajstić information content (AvgIpc) is 2.68. The Balaban J connectivity index is 1.59. The number of hydrogen-bond donors (Lipinski definition) is 1. The number of hydrogen-bond acceptors (Lipinski definition) is 5. The number of amides is 1. The fourth-order valence-electron chi connectivity index (χ4n) is 2.75. The molecule has 6 heteroatoms. The van der Waals surface area contributed by atoms with Crippen LogP contribution in [0.15, 0.2) is 61.1 Å². The first kappa shape index (κ1) is 18.5. The minimum atomic E-state index is -0.0124. The molecule has 2 aromatic heterocycles. The Morgan fingerprint density at radius 1 is 1.04 bits per heavy atom. The number of nitrogens with zero attached hydrogens (tertiary/aromatic N) is 3. The van der Waals surface area contributed by atoms with E-state index < -0.39 is 0 Å². The maximum Gasteiger partial charge on any atom is 0.316 e. The van der Waals surface area contributed by atoms with Gasteiger partial charge in [-0.1, -0.05) is 30.3 Å². The molecule has 6 nitrogen and oxygen atoms in total. The lowest BCUT2D eigenvalue weighted by molar-refractivity contribution is -0.119. The predicted molar refractivity (Wildman–Crippen MR) is 103 cm³/mol. The molecule has 1 N–H and O–H groups in total. The summed E-state index contributed by atoms with van der Waals surface area (Å²) in [6.07, 6.45) is 6.01. The second kappa shape index (κ2) is 8.89. The first-order valence-electron chi connectivity index (χ1n) is 8.81. The van der Waals surface area contributed by atoms with E-state index in [1.54, 1.807) is 18.6 Å². The quantitative estimate of drug-likeness (QED) is 0.698. The molecule has 1 atom stereocenters. The van der Waals surface area contributed by atoms with E-state index in [2.05, 4.69) is 32.4 Å². The Hall–Kier alpha value is -3.28. The molecule has 0 aliphatic carbocycles. The summed E-state index contributed by atoms with van der Waals surface area (Å²) >= 11 is 0. The van der Waals surface area contributed by atoms with Crippen molar-refractivity contribution in [3.63, 3.8) is 0 Å². The normalized spacial score (nSPS) is 11.6. The van der Waals surface area contributed by atoms with E-state index in [9.17, 15) is 4.79 Å². The summed E-state index contributed by atoms with van der Waals surface area (Å²) in [6, 6.07) is 14.3. The fourth-order valence-corrected chi connectivity index (χ4v) is 2.75. The van der Waals surface area contributed by atoms with Crippen molar-refractivity contribution in [3.05, 3.63) is 72.3 Å². The number of carbonyl (C=O) groups excluding carboxylic acids is 1. The Bertz CT molecular complexity index is 865. The van der Waals surface area contributed by atoms with E-state index in [-0.39, 0.29) is 11.9 Å². The van der Waals surface area contributed by atoms with E-state index in [0.29, 0.717) is 12.6 Å². The highest BCUT2D eigenvalue weighted by atomic mass is 16.5. The summed E-state index contributed by atoms with van der Waals surface area (Å²) in [4.78, 5) is 23.8. The van der Waals surface area contributed by atoms with Gasteiger partial charge in [-0.15, -0.1) is 0 Å². The van der Waals surface area contributed by atoms with Gasteiger partial charge in [0, 0.05) is 37.1 Å². The number of rotatable bonds is 7. The van der Waals surface area contributed by atoms with Crippen LogP contribution in [0.25, 0.3) is 11.1 Å². The number of pyridine rings is 1. The second-order valence-electron chi connectivity index (χ2n) is 6.37. The van der Waals surface area contributed by atoms with Crippen LogP contribution in [0.4, 0.5) is 0 Å². The highest BCUT2D eigenvalue weighted by Gasteiger charge is 2.06. The highest BCUT2D eigenvalue weighted by molar-refractivity contribution is 5.73. The summed E-state index contributed by atoms with van der Waals surface area (Å²) in [7, 11) is 0. The number of benzene rings is 1. The molecular weight excluding hydrogens is 340 g/mol. The number of nitrogens with one attached hydrogen (secondary N) is 1. The number of aromatic nitrogens is 3. The van der Waals surface area contributed by atoms with E-state index in [4.69, 9.17) is 4.74 Å². The van der Waals surface area contributed by atoms with E-state index in [0.717, 1.165) is 28.8 Å². The number of ether oxygens (including phenoxy) is 1. The van der Waals surface area contributed by atoms with Gasteiger partial charge in [0.05, 0.1) is 5.69 Å². The zero-order chi connectivity index (χ0) is 19.1. The second-order valence-corrected chi connectivity index (χ2v) is 6.37. The molecule has 27 heavy (non-hydrogen) atoms. The van der Waals surface area contributed by atoms with E-state index in [1.165, 1.54) is 6.92 Å². The van der Waals surface area contributed by atoms with Gasteiger partial charge >= 0.3 is 6.01 Å². The molecule has 0 aliphatic heterocycles. The van der Waals surface area contributed by atoms with Crippen LogP contribution in [0, 0.1) is 0 Å². The van der Waals surface area contributed by atoms with Gasteiger partial charge in [0.2, 0.25) is 5.91 Å². The van der Waals surface area contributed by atoms with Gasteiger partial charge in [-0.3, -0.25) is 9.78 Å². The van der Waals surface area contributed by atoms with Gasteiger partial charge in [-0.05, 0) is 36.6 Å². The molecule has 0 aliphatic rings. The topological polar surface area (TPSA) is 77.0 Å². The lowest BCUT2D eigenvalue weighted by Crippen LogP contribution is -2.31. The summed E-state index contributed by atoms with van der Waals surface area (Å²) in [5.74, 6) is -0.0124. The zero-order valence-corrected chi connectivity index (χ0v) is 15.4. The molecule has 1 unspecified atom stereocenters. The van der Waals surface area contributed by atoms with Gasteiger partial charge in [0.25, 0.3) is 0 Å². The van der Waals surface area contributed by atoms with Crippen LogP contribution in [0.5, 0.6) is 6.01 Å². The molecule has 0 spiro atoms. The molecule has 3 aromatic rings. The zero-order valence-electron chi connectivity index (χ0n) is 15.4. The Morgan fingerprint density at radius 3 is 2.41 bits per heavy atom. The van der Waals surface area contributed by atoms with Gasteiger partial charge in [-0.25, -0.2) is 9.97 Å². The van der Waals surface area contributed by atoms with Crippen molar-refractivity contribution in [1.82, 2.24) is 20.3 Å². The van der Waals surface area contributed by atoms with Crippen molar-refractivity contribution >= 4 is 5.91 Å². The molecule has 2 heterocycles. The minimum Gasteiger partial charge on any atom is -0.457 e. The molecular formula is C21H22N4O2. The average molecular weight is 362 g/mol. The van der Waals surface area contributed by atoms with E-state index >= 15 is 0 Å². The van der Waals surface area contributed by atoms with Crippen molar-refractivity contribution in [2.75, 3.05) is 0 Å². The smallest absolute Gasteiger partial charge is 0.316 e. The molecule has 0 saturated heterocycles. The lowest BCUT2D eigenvalue weighted by atomic mass is 10.0. The summed E-state index contributed by atoms with van der Waals surface area (Å²) in [5.41, 5.74) is 3.94. The van der Waals surface area contributed by atoms with Crippen molar-refractivity contribution in [2.24, 2.45) is 0 Å². The molecule has 0 radical (unpaired) electrons. The number of carbonyl (C=O) groups is 1. The third-order valence-corrected chi connectivity index (χ3v) is 3.98. The molecule has 0 bridgehead atoms. The first-order chi connectivity index (χ1) is 13.1. The van der Waals surface area contributed by atoms with Crippen LogP contribution in [0.3, 0.4) is 0 Å². The van der Waals surface area contributed by atoms with Crippen LogP contribution in [0.1, 0.15) is 25.1 Å². The summed E-state index contributed by atoms with van der Waals surface area (Å²) < 4.78 is 5.56. The standard InChI is InChI=1S/C21H22N4O2/c1-15(25-16(2)26)11-17-6-8-18(9-7-17)19-12-23-21(24-13-19)27-14-20-5-3-4-10-22-20/h3-10,12-13,15H,11,14H2,1-2H3,(H,25,26). The minimum absolute atomic E-state index is 0.0124. The van der Waals surface area contributed by atoms with Crippen LogP contribution in [-0.2, 0) is 17.8 Å². The van der Waals surface area contributed by atoms with Gasteiger partial charge in [-0.2, -0.15) is 0 Å². The van der Waals surface area contributed by atoms with Crippen LogP contribution in [0.2, 0.25) is 0 Å². The summed E-state index contributed by atoms with van der Waals surface area (Å²) in [6.45, 7) is 3.86. The van der Waals surface area contributed by atoms with Crippen molar-refractivity contribution in [3.8, 4) is 17.1 Å².